The molecular formula is C10H11O2. The van der Waals surface area contributed by atoms with Crippen molar-refractivity contribution in [1.82, 2.24) is 0 Å². The first-order valence-electron chi connectivity index (χ1n) is 3.75. The van der Waals surface area contributed by atoms with Crippen molar-refractivity contribution in [2.75, 3.05) is 7.11 Å². The molecule has 1 rings (SSSR count). The summed E-state index contributed by atoms with van der Waals surface area (Å²) in [6.07, 6.45) is 8.84. The van der Waals surface area contributed by atoms with Gasteiger partial charge in [-0.1, -0.05) is 19.1 Å². The van der Waals surface area contributed by atoms with E-state index in [0.717, 1.165) is 5.57 Å². The first kappa shape index (κ1) is 8.78. The first-order valence-corrected chi connectivity index (χ1v) is 3.75. The van der Waals surface area contributed by atoms with Gasteiger partial charge in [0.25, 0.3) is 0 Å². The van der Waals surface area contributed by atoms with Crippen LogP contribution < -0.4 is 0 Å². The normalized spacial score (nSPS) is 19.7. The molecule has 0 aromatic heterocycles. The number of allylic oxidation sites excluding steroid dienone is 5. The van der Waals surface area contributed by atoms with E-state index in [0.29, 0.717) is 5.76 Å². The summed E-state index contributed by atoms with van der Waals surface area (Å²) >= 11 is 0. The summed E-state index contributed by atoms with van der Waals surface area (Å²) in [6, 6.07) is 0. The van der Waals surface area contributed by atoms with Gasteiger partial charge in [0.15, 0.2) is 5.76 Å². The first-order chi connectivity index (χ1) is 5.77. The number of hydrogen-bond acceptors (Lipinski definition) is 2. The lowest BCUT2D eigenvalue weighted by Crippen LogP contribution is -2.04. The maximum Gasteiger partial charge on any atom is 0.220 e. The van der Waals surface area contributed by atoms with E-state index in [4.69, 9.17) is 4.74 Å². The highest BCUT2D eigenvalue weighted by atomic mass is 16.5. The topological polar surface area (TPSA) is 26.3 Å². The predicted molar refractivity (Wildman–Crippen MR) is 47.3 cm³/mol. The van der Waals surface area contributed by atoms with E-state index < -0.39 is 0 Å². The van der Waals surface area contributed by atoms with Crippen LogP contribution >= 0.6 is 0 Å². The van der Waals surface area contributed by atoms with Crippen LogP contribution in [0.2, 0.25) is 0 Å². The number of rotatable bonds is 2. The SMILES string of the molecule is C[CH]/C=C1\C=CC(=O)C(OC)=C1. The van der Waals surface area contributed by atoms with Gasteiger partial charge in [-0.25, -0.2) is 0 Å². The van der Waals surface area contributed by atoms with Gasteiger partial charge in [0.05, 0.1) is 7.11 Å². The summed E-state index contributed by atoms with van der Waals surface area (Å²) in [5, 5.41) is 0. The Hall–Kier alpha value is -1.31. The zero-order valence-corrected chi connectivity index (χ0v) is 7.20. The average Bonchev–Trinajstić information content (AvgIpc) is 2.09. The van der Waals surface area contributed by atoms with Gasteiger partial charge in [-0.3, -0.25) is 4.79 Å². The molecule has 0 fully saturated rings. The molecule has 1 aliphatic carbocycles. The smallest absolute Gasteiger partial charge is 0.220 e. The van der Waals surface area contributed by atoms with Crippen LogP contribution in [0, 0.1) is 6.42 Å². The number of hydrogen-bond donors (Lipinski definition) is 0. The summed E-state index contributed by atoms with van der Waals surface area (Å²) in [6.45, 7) is 1.93. The number of carbonyl (C=O) groups excluding carboxylic acids is 1. The summed E-state index contributed by atoms with van der Waals surface area (Å²) in [5.41, 5.74) is 0.981. The van der Waals surface area contributed by atoms with Gasteiger partial charge in [-0.2, -0.15) is 0 Å². The summed E-state index contributed by atoms with van der Waals surface area (Å²) in [5.74, 6) is 0.316. The van der Waals surface area contributed by atoms with Crippen molar-refractivity contribution < 1.29 is 9.53 Å². The standard InChI is InChI=1S/C10H11O2/c1-3-4-8-5-6-9(11)10(7-8)12-2/h3-7H,1-2H3/b8-4+. The molecule has 2 heteroatoms. The molecule has 1 radical (unpaired) electrons. The number of carbonyl (C=O) groups is 1. The van der Waals surface area contributed by atoms with Crippen molar-refractivity contribution >= 4 is 5.78 Å². The highest BCUT2D eigenvalue weighted by Gasteiger charge is 2.10. The van der Waals surface area contributed by atoms with Crippen LogP contribution in [0.15, 0.2) is 35.6 Å². The van der Waals surface area contributed by atoms with Crippen molar-refractivity contribution in [2.45, 2.75) is 6.92 Å². The van der Waals surface area contributed by atoms with Crippen LogP contribution in [0.25, 0.3) is 0 Å². The molecule has 0 saturated heterocycles. The van der Waals surface area contributed by atoms with Crippen molar-refractivity contribution in [3.8, 4) is 0 Å². The van der Waals surface area contributed by atoms with Crippen molar-refractivity contribution in [3.05, 3.63) is 42.1 Å². The van der Waals surface area contributed by atoms with Gasteiger partial charge >= 0.3 is 0 Å². The fraction of sp³-hybridized carbons (Fsp3) is 0.200. The van der Waals surface area contributed by atoms with Crippen molar-refractivity contribution in [2.24, 2.45) is 0 Å². The van der Waals surface area contributed by atoms with E-state index in [1.807, 2.05) is 19.4 Å². The lowest BCUT2D eigenvalue weighted by atomic mass is 10.1. The molecule has 12 heavy (non-hydrogen) atoms. The molecule has 0 aromatic rings. The van der Waals surface area contributed by atoms with Crippen LogP contribution in [0.4, 0.5) is 0 Å². The molecule has 2 nitrogen and oxygen atoms in total. The second-order valence-corrected chi connectivity index (χ2v) is 2.41. The highest BCUT2D eigenvalue weighted by molar-refractivity contribution is 6.04. The fourth-order valence-corrected chi connectivity index (χ4v) is 0.980. The van der Waals surface area contributed by atoms with E-state index in [-0.39, 0.29) is 5.78 Å². The highest BCUT2D eigenvalue weighted by Crippen LogP contribution is 2.13. The third-order valence-electron chi connectivity index (χ3n) is 1.55. The predicted octanol–water partition coefficient (Wildman–Crippen LogP) is 1.81. The lowest BCUT2D eigenvalue weighted by Gasteiger charge is -2.06. The van der Waals surface area contributed by atoms with Gasteiger partial charge < -0.3 is 4.74 Å². The molecule has 0 N–H and O–H groups in total. The Morgan fingerprint density at radius 1 is 1.42 bits per heavy atom. The van der Waals surface area contributed by atoms with Crippen molar-refractivity contribution in [3.63, 3.8) is 0 Å². The van der Waals surface area contributed by atoms with E-state index in [1.165, 1.54) is 13.2 Å². The monoisotopic (exact) mass is 163 g/mol. The van der Waals surface area contributed by atoms with Gasteiger partial charge in [0, 0.05) is 0 Å². The Kier molecular flexibility index (Phi) is 2.86. The van der Waals surface area contributed by atoms with Gasteiger partial charge in [-0.15, -0.1) is 0 Å². The lowest BCUT2D eigenvalue weighted by molar-refractivity contribution is -0.114. The van der Waals surface area contributed by atoms with Crippen LogP contribution in [-0.4, -0.2) is 12.9 Å². The number of ether oxygens (including phenoxy) is 1. The second kappa shape index (κ2) is 3.90. The largest absolute Gasteiger partial charge is 0.493 e. The van der Waals surface area contributed by atoms with Crippen LogP contribution in [0.3, 0.4) is 0 Å². The van der Waals surface area contributed by atoms with Crippen molar-refractivity contribution in [1.29, 1.82) is 0 Å². The summed E-state index contributed by atoms with van der Waals surface area (Å²) < 4.78 is 4.89. The molecule has 0 spiro atoms. The fourth-order valence-electron chi connectivity index (χ4n) is 0.980. The molecule has 1 aliphatic rings. The van der Waals surface area contributed by atoms with Crippen LogP contribution in [0.5, 0.6) is 0 Å². The molecule has 0 saturated carbocycles. The van der Waals surface area contributed by atoms with E-state index in [2.05, 4.69) is 0 Å². The van der Waals surface area contributed by atoms with Gasteiger partial charge in [0.1, 0.15) is 0 Å². The minimum atomic E-state index is -0.0780. The number of ketones is 1. The van der Waals surface area contributed by atoms with E-state index >= 15 is 0 Å². The number of methoxy groups -OCH3 is 1. The Balaban J connectivity index is 2.86. The maximum absolute atomic E-state index is 11.1. The third kappa shape index (κ3) is 1.84. The minimum Gasteiger partial charge on any atom is -0.493 e. The zero-order chi connectivity index (χ0) is 8.97. The molecule has 0 amide bonds. The molecule has 0 atom stereocenters. The van der Waals surface area contributed by atoms with Crippen LogP contribution in [0.1, 0.15) is 6.92 Å². The third-order valence-corrected chi connectivity index (χ3v) is 1.55. The second-order valence-electron chi connectivity index (χ2n) is 2.41. The molecule has 63 valence electrons. The quantitative estimate of drug-likeness (QED) is 0.620. The summed E-state index contributed by atoms with van der Waals surface area (Å²) in [4.78, 5) is 11.1. The van der Waals surface area contributed by atoms with E-state index in [9.17, 15) is 4.79 Å². The zero-order valence-electron chi connectivity index (χ0n) is 7.20. The molecule has 0 bridgehead atoms. The molecule has 0 aliphatic heterocycles. The van der Waals surface area contributed by atoms with Crippen LogP contribution in [-0.2, 0) is 9.53 Å². The molecule has 0 unspecified atom stereocenters. The van der Waals surface area contributed by atoms with Gasteiger partial charge in [-0.05, 0) is 24.1 Å². The molecular weight excluding hydrogens is 152 g/mol. The minimum absolute atomic E-state index is 0.0780. The summed E-state index contributed by atoms with van der Waals surface area (Å²) in [7, 11) is 1.50. The Bertz CT molecular complexity index is 270. The maximum atomic E-state index is 11.1. The van der Waals surface area contributed by atoms with E-state index in [1.54, 1.807) is 12.2 Å². The Morgan fingerprint density at radius 3 is 2.75 bits per heavy atom. The average molecular weight is 163 g/mol. The van der Waals surface area contributed by atoms with Gasteiger partial charge in [0.2, 0.25) is 5.78 Å². The molecule has 0 aromatic carbocycles. The molecule has 0 heterocycles. The Labute approximate surface area is 72.2 Å². The Morgan fingerprint density at radius 2 is 2.17 bits per heavy atom.